The molecule has 0 unspecified atom stereocenters. The Morgan fingerprint density at radius 3 is 0.710 bits per heavy atom. The number of unbranched alkanes of at least 4 members (excludes halogenated alkanes) is 42. The van der Waals surface area contributed by atoms with Gasteiger partial charge in [-0.2, -0.15) is 0 Å². The van der Waals surface area contributed by atoms with Gasteiger partial charge < -0.3 is 14.2 Å². The number of hydrogen-bond donors (Lipinski definition) is 0. The van der Waals surface area contributed by atoms with Crippen LogP contribution in [0.1, 0.15) is 356 Å². The van der Waals surface area contributed by atoms with Crippen molar-refractivity contribution in [2.75, 3.05) is 13.2 Å². The lowest BCUT2D eigenvalue weighted by molar-refractivity contribution is -0.167. The topological polar surface area (TPSA) is 78.9 Å². The van der Waals surface area contributed by atoms with Gasteiger partial charge in [0.2, 0.25) is 0 Å². The van der Waals surface area contributed by atoms with Crippen molar-refractivity contribution in [1.82, 2.24) is 0 Å². The number of carbonyl (C=O) groups is 3. The summed E-state index contributed by atoms with van der Waals surface area (Å²) in [5, 5.41) is 0. The zero-order chi connectivity index (χ0) is 50.4. The first-order chi connectivity index (χ1) is 33.7. The van der Waals surface area contributed by atoms with E-state index in [-0.39, 0.29) is 31.1 Å². The van der Waals surface area contributed by atoms with Gasteiger partial charge >= 0.3 is 17.9 Å². The van der Waals surface area contributed by atoms with Crippen LogP contribution >= 0.6 is 0 Å². The second-order valence-corrected chi connectivity index (χ2v) is 22.6. The van der Waals surface area contributed by atoms with E-state index in [1.807, 2.05) is 0 Å². The number of rotatable bonds is 57. The van der Waals surface area contributed by atoms with Crippen molar-refractivity contribution in [1.29, 1.82) is 0 Å². The smallest absolute Gasteiger partial charge is 0.306 e. The molecule has 6 nitrogen and oxygen atoms in total. The summed E-state index contributed by atoms with van der Waals surface area (Å²) < 4.78 is 16.9. The molecule has 0 spiro atoms. The monoisotopic (exact) mass is 975 g/mol. The fraction of sp³-hybridized carbons (Fsp3) is 0.952. The third-order valence-corrected chi connectivity index (χ3v) is 14.5. The zero-order valence-electron chi connectivity index (χ0n) is 47.5. The molecular formula is C63H122O6. The Morgan fingerprint density at radius 2 is 0.478 bits per heavy atom. The average molecular weight is 976 g/mol. The molecule has 0 amide bonds. The molecule has 0 aliphatic heterocycles. The van der Waals surface area contributed by atoms with Crippen LogP contribution in [0.3, 0.4) is 0 Å². The highest BCUT2D eigenvalue weighted by Gasteiger charge is 2.19. The number of hydrogen-bond acceptors (Lipinski definition) is 6. The molecular weight excluding hydrogens is 853 g/mol. The van der Waals surface area contributed by atoms with Crippen molar-refractivity contribution in [3.8, 4) is 0 Å². The van der Waals surface area contributed by atoms with E-state index >= 15 is 0 Å². The van der Waals surface area contributed by atoms with E-state index < -0.39 is 6.10 Å². The Kier molecular flexibility index (Phi) is 54.4. The van der Waals surface area contributed by atoms with E-state index in [9.17, 15) is 14.4 Å². The largest absolute Gasteiger partial charge is 0.462 e. The highest BCUT2D eigenvalue weighted by Crippen LogP contribution is 2.19. The van der Waals surface area contributed by atoms with Crippen molar-refractivity contribution >= 4 is 17.9 Å². The molecule has 0 radical (unpaired) electrons. The van der Waals surface area contributed by atoms with Gasteiger partial charge in [0.1, 0.15) is 13.2 Å². The molecule has 0 aromatic carbocycles. The van der Waals surface area contributed by atoms with E-state index in [4.69, 9.17) is 14.2 Å². The summed E-state index contributed by atoms with van der Waals surface area (Å²) in [7, 11) is 0. The maximum absolute atomic E-state index is 12.9. The Hall–Kier alpha value is -1.59. The molecule has 0 saturated heterocycles. The minimum Gasteiger partial charge on any atom is -0.462 e. The lowest BCUT2D eigenvalue weighted by Crippen LogP contribution is -2.30. The van der Waals surface area contributed by atoms with Gasteiger partial charge in [-0.25, -0.2) is 0 Å². The van der Waals surface area contributed by atoms with E-state index in [2.05, 4.69) is 34.6 Å². The van der Waals surface area contributed by atoms with Gasteiger partial charge in [0.05, 0.1) is 0 Å². The summed E-state index contributed by atoms with van der Waals surface area (Å²) in [5.74, 6) is 0.843. The van der Waals surface area contributed by atoms with E-state index in [1.165, 1.54) is 244 Å². The van der Waals surface area contributed by atoms with Gasteiger partial charge in [0.15, 0.2) is 6.10 Å². The summed E-state index contributed by atoms with van der Waals surface area (Å²) >= 11 is 0. The third kappa shape index (κ3) is 57.2. The Labute approximate surface area is 431 Å². The molecule has 0 aliphatic rings. The van der Waals surface area contributed by atoms with Crippen LogP contribution in [0.15, 0.2) is 0 Å². The van der Waals surface area contributed by atoms with Crippen LogP contribution < -0.4 is 0 Å². The minimum absolute atomic E-state index is 0.0621. The Balaban J connectivity index is 4.28. The van der Waals surface area contributed by atoms with Gasteiger partial charge in [-0.15, -0.1) is 0 Å². The molecule has 0 aromatic rings. The highest BCUT2D eigenvalue weighted by atomic mass is 16.6. The average Bonchev–Trinajstić information content (AvgIpc) is 3.32. The molecule has 410 valence electrons. The quantitative estimate of drug-likeness (QED) is 0.0343. The number of carbonyl (C=O) groups excluding carboxylic acids is 3. The first kappa shape index (κ1) is 67.4. The predicted octanol–water partition coefficient (Wildman–Crippen LogP) is 20.8. The van der Waals surface area contributed by atoms with Crippen LogP contribution in [0.25, 0.3) is 0 Å². The maximum Gasteiger partial charge on any atom is 0.306 e. The Bertz CT molecular complexity index is 1060. The lowest BCUT2D eigenvalue weighted by Gasteiger charge is -2.18. The molecule has 6 heteroatoms. The van der Waals surface area contributed by atoms with Gasteiger partial charge in [-0.3, -0.25) is 14.4 Å². The molecule has 0 aromatic heterocycles. The minimum atomic E-state index is -0.763. The molecule has 0 heterocycles. The van der Waals surface area contributed by atoms with Crippen molar-refractivity contribution in [2.45, 2.75) is 362 Å². The summed E-state index contributed by atoms with van der Waals surface area (Å²) in [6.07, 6.45) is 61.0. The van der Waals surface area contributed by atoms with Crippen LogP contribution in [0.4, 0.5) is 0 Å². The summed E-state index contributed by atoms with van der Waals surface area (Å²) in [4.78, 5) is 38.3. The fourth-order valence-corrected chi connectivity index (χ4v) is 9.76. The van der Waals surface area contributed by atoms with E-state index in [1.54, 1.807) is 0 Å². The molecule has 69 heavy (non-hydrogen) atoms. The van der Waals surface area contributed by atoms with Crippen molar-refractivity contribution in [2.24, 2.45) is 11.8 Å². The first-order valence-corrected chi connectivity index (χ1v) is 31.2. The maximum atomic E-state index is 12.9. The lowest BCUT2D eigenvalue weighted by atomic mass is 10.0. The van der Waals surface area contributed by atoms with Crippen LogP contribution in [0, 0.1) is 11.8 Å². The zero-order valence-corrected chi connectivity index (χ0v) is 47.5. The SMILES string of the molecule is CCCCCCCCCCCCCCCCCCCCCC(=O)OC[C@@H](COC(=O)CCCCCCCCCCCCCCCCC(C)C)OC(=O)CCCCCCCCCCCCCCC(C)C. The standard InChI is InChI=1S/C63H122O6/c1-6-7-8-9-10-11-12-13-14-15-16-17-18-22-28-33-38-43-48-53-61(64)67-56-60(69-63(66)55-50-45-40-35-30-25-24-27-32-37-42-47-52-59(4)5)57-68-62(65)54-49-44-39-34-29-23-20-19-21-26-31-36-41-46-51-58(2)3/h58-60H,6-57H2,1-5H3/t60-/m0/s1. The van der Waals surface area contributed by atoms with Crippen LogP contribution in [0.5, 0.6) is 0 Å². The predicted molar refractivity (Wildman–Crippen MR) is 298 cm³/mol. The number of ether oxygens (including phenoxy) is 3. The second kappa shape index (κ2) is 55.7. The van der Waals surface area contributed by atoms with Crippen LogP contribution in [-0.4, -0.2) is 37.2 Å². The molecule has 0 saturated carbocycles. The van der Waals surface area contributed by atoms with E-state index in [0.717, 1.165) is 69.6 Å². The van der Waals surface area contributed by atoms with Crippen LogP contribution in [-0.2, 0) is 28.6 Å². The summed E-state index contributed by atoms with van der Waals surface area (Å²) in [5.41, 5.74) is 0. The normalized spacial score (nSPS) is 12.0. The van der Waals surface area contributed by atoms with Gasteiger partial charge in [-0.05, 0) is 31.1 Å². The second-order valence-electron chi connectivity index (χ2n) is 22.6. The van der Waals surface area contributed by atoms with E-state index in [0.29, 0.717) is 19.3 Å². The summed E-state index contributed by atoms with van der Waals surface area (Å²) in [6.45, 7) is 11.4. The molecule has 0 fully saturated rings. The van der Waals surface area contributed by atoms with Crippen molar-refractivity contribution < 1.29 is 28.6 Å². The van der Waals surface area contributed by atoms with Crippen LogP contribution in [0.2, 0.25) is 0 Å². The Morgan fingerprint density at radius 1 is 0.275 bits per heavy atom. The van der Waals surface area contributed by atoms with Gasteiger partial charge in [0.25, 0.3) is 0 Å². The highest BCUT2D eigenvalue weighted by molar-refractivity contribution is 5.71. The molecule has 1 atom stereocenters. The third-order valence-electron chi connectivity index (χ3n) is 14.5. The first-order valence-electron chi connectivity index (χ1n) is 31.2. The molecule has 0 rings (SSSR count). The fourth-order valence-electron chi connectivity index (χ4n) is 9.76. The summed E-state index contributed by atoms with van der Waals surface area (Å²) in [6, 6.07) is 0. The van der Waals surface area contributed by atoms with Gasteiger partial charge in [-0.1, -0.05) is 317 Å². The molecule has 0 N–H and O–H groups in total. The molecule has 0 bridgehead atoms. The van der Waals surface area contributed by atoms with Gasteiger partial charge in [0, 0.05) is 19.3 Å². The number of esters is 3. The van der Waals surface area contributed by atoms with Crippen molar-refractivity contribution in [3.05, 3.63) is 0 Å². The van der Waals surface area contributed by atoms with Crippen molar-refractivity contribution in [3.63, 3.8) is 0 Å². The molecule has 0 aliphatic carbocycles.